The first-order valence-electron chi connectivity index (χ1n) is 14.8. The molecule has 0 aromatic heterocycles. The minimum atomic E-state index is -4.11. The Kier molecular flexibility index (Phi) is 15.3. The smallest absolute Gasteiger partial charge is 0.382 e. The van der Waals surface area contributed by atoms with Crippen LogP contribution in [0.1, 0.15) is 22.3 Å². The fourth-order valence-corrected chi connectivity index (χ4v) is 6.30. The molecule has 46 heavy (non-hydrogen) atoms. The maximum Gasteiger partial charge on any atom is 0.475 e. The third kappa shape index (κ3) is 13.4. The number of benzene rings is 4. The van der Waals surface area contributed by atoms with Crippen LogP contribution in [0.15, 0.2) is 121 Å². The van der Waals surface area contributed by atoms with Gasteiger partial charge in [-0.3, -0.25) is 27.1 Å². The summed E-state index contributed by atoms with van der Waals surface area (Å²) in [5.41, 5.74) is 3.16. The summed E-state index contributed by atoms with van der Waals surface area (Å²) in [5.74, 6) is 0. The molecule has 4 aromatic carbocycles. The van der Waals surface area contributed by atoms with Crippen molar-refractivity contribution in [3.8, 4) is 0 Å². The van der Waals surface area contributed by atoms with Crippen LogP contribution in [0.4, 0.5) is 0 Å². The zero-order chi connectivity index (χ0) is 32.3. The standard InChI is InChI=1S/C34H40O10P2/c1-37-22-23-38-34(28-43-45(35,39-24-30-14-6-2-7-15-30)40-25-31-16-8-3-9-17-31)29-44-46(36,41-26-32-18-10-4-11-19-32)42-27-33-20-12-5-13-21-33/h2-21,34H,22-29H2,1H3. The lowest BCUT2D eigenvalue weighted by molar-refractivity contribution is -0.0428. The normalized spacial score (nSPS) is 12.0. The van der Waals surface area contributed by atoms with Gasteiger partial charge in [0.25, 0.3) is 0 Å². The van der Waals surface area contributed by atoms with Gasteiger partial charge in [0, 0.05) is 7.11 Å². The van der Waals surface area contributed by atoms with E-state index in [4.69, 9.17) is 36.6 Å². The number of hydrogen-bond acceptors (Lipinski definition) is 10. The molecule has 0 unspecified atom stereocenters. The van der Waals surface area contributed by atoms with Crippen molar-refractivity contribution in [3.63, 3.8) is 0 Å². The summed E-state index contributed by atoms with van der Waals surface area (Å²) in [6, 6.07) is 37.0. The molecule has 0 atom stereocenters. The topological polar surface area (TPSA) is 108 Å². The van der Waals surface area contributed by atoms with Crippen LogP contribution in [-0.4, -0.2) is 39.6 Å². The molecule has 0 radical (unpaired) electrons. The lowest BCUT2D eigenvalue weighted by Crippen LogP contribution is -2.27. The van der Waals surface area contributed by atoms with Crippen molar-refractivity contribution in [3.05, 3.63) is 144 Å². The van der Waals surface area contributed by atoms with Crippen molar-refractivity contribution in [2.75, 3.05) is 33.5 Å². The van der Waals surface area contributed by atoms with Crippen LogP contribution in [0.2, 0.25) is 0 Å². The fourth-order valence-electron chi connectivity index (χ4n) is 3.93. The SMILES string of the molecule is COCCOC(COP(=O)(OCc1ccccc1)OCc1ccccc1)COP(=O)(OCc1ccccc1)OCc1ccccc1. The molecule has 0 aliphatic rings. The lowest BCUT2D eigenvalue weighted by atomic mass is 10.2. The molecule has 0 aliphatic carbocycles. The second-order valence-corrected chi connectivity index (χ2v) is 13.3. The molecule has 0 aliphatic heterocycles. The summed E-state index contributed by atoms with van der Waals surface area (Å²) in [7, 11) is -6.68. The Bertz CT molecular complexity index is 1270. The summed E-state index contributed by atoms with van der Waals surface area (Å²) in [6.07, 6.45) is -0.863. The monoisotopic (exact) mass is 670 g/mol. The van der Waals surface area contributed by atoms with Gasteiger partial charge < -0.3 is 9.47 Å². The van der Waals surface area contributed by atoms with Gasteiger partial charge in [0.2, 0.25) is 0 Å². The molecule has 10 nitrogen and oxygen atoms in total. The Balaban J connectivity index is 1.44. The molecule has 0 spiro atoms. The summed E-state index contributed by atoms with van der Waals surface area (Å²) in [5, 5.41) is 0. The highest BCUT2D eigenvalue weighted by Crippen LogP contribution is 2.53. The van der Waals surface area contributed by atoms with Crippen LogP contribution in [0.5, 0.6) is 0 Å². The van der Waals surface area contributed by atoms with Crippen molar-refractivity contribution in [1.82, 2.24) is 0 Å². The van der Waals surface area contributed by atoms with Crippen molar-refractivity contribution in [2.45, 2.75) is 32.5 Å². The molecule has 0 bridgehead atoms. The first-order chi connectivity index (χ1) is 22.5. The van der Waals surface area contributed by atoms with E-state index in [1.54, 1.807) is 0 Å². The van der Waals surface area contributed by atoms with Crippen LogP contribution in [0, 0.1) is 0 Å². The van der Waals surface area contributed by atoms with E-state index in [0.29, 0.717) is 0 Å². The molecule has 12 heteroatoms. The summed E-state index contributed by atoms with van der Waals surface area (Å²) in [4.78, 5) is 0. The summed E-state index contributed by atoms with van der Waals surface area (Å²) in [6.45, 7) is -0.139. The number of phosphoric acid groups is 2. The van der Waals surface area contributed by atoms with Gasteiger partial charge in [0.1, 0.15) is 6.10 Å². The third-order valence-corrected chi connectivity index (χ3v) is 9.12. The summed E-state index contributed by atoms with van der Waals surface area (Å²) >= 11 is 0. The van der Waals surface area contributed by atoms with Crippen molar-refractivity contribution in [2.24, 2.45) is 0 Å². The van der Waals surface area contributed by atoms with Crippen LogP contribution < -0.4 is 0 Å². The third-order valence-electron chi connectivity index (χ3n) is 6.41. The molecule has 0 saturated carbocycles. The van der Waals surface area contributed by atoms with E-state index in [9.17, 15) is 9.13 Å². The van der Waals surface area contributed by atoms with E-state index < -0.39 is 21.7 Å². The maximum absolute atomic E-state index is 13.8. The highest BCUT2D eigenvalue weighted by Gasteiger charge is 2.32. The predicted molar refractivity (Wildman–Crippen MR) is 174 cm³/mol. The van der Waals surface area contributed by atoms with E-state index in [0.717, 1.165) is 22.3 Å². The second-order valence-electron chi connectivity index (χ2n) is 10.0. The number of ether oxygens (including phenoxy) is 2. The average molecular weight is 671 g/mol. The molecule has 246 valence electrons. The molecule has 4 aromatic rings. The molecule has 0 saturated heterocycles. The van der Waals surface area contributed by atoms with Gasteiger partial charge in [0.05, 0.1) is 52.9 Å². The van der Waals surface area contributed by atoms with E-state index in [-0.39, 0.29) is 52.9 Å². The van der Waals surface area contributed by atoms with Crippen molar-refractivity contribution < 1.29 is 45.7 Å². The van der Waals surface area contributed by atoms with Crippen molar-refractivity contribution in [1.29, 1.82) is 0 Å². The Morgan fingerprint density at radius 1 is 0.457 bits per heavy atom. The molecule has 4 rings (SSSR count). The van der Waals surface area contributed by atoms with Gasteiger partial charge in [-0.05, 0) is 22.3 Å². The number of methoxy groups -OCH3 is 1. The first-order valence-corrected chi connectivity index (χ1v) is 17.7. The maximum atomic E-state index is 13.8. The van der Waals surface area contributed by atoms with Crippen LogP contribution in [0.25, 0.3) is 0 Å². The van der Waals surface area contributed by atoms with Gasteiger partial charge >= 0.3 is 15.6 Å². The van der Waals surface area contributed by atoms with E-state index in [1.807, 2.05) is 121 Å². The van der Waals surface area contributed by atoms with Gasteiger partial charge in [-0.25, -0.2) is 9.13 Å². The van der Waals surface area contributed by atoms with Gasteiger partial charge in [-0.15, -0.1) is 0 Å². The van der Waals surface area contributed by atoms with Gasteiger partial charge in [0.15, 0.2) is 0 Å². The van der Waals surface area contributed by atoms with Crippen molar-refractivity contribution >= 4 is 15.6 Å². The Hall–Kier alpha value is -2.98. The largest absolute Gasteiger partial charge is 0.475 e. The van der Waals surface area contributed by atoms with E-state index >= 15 is 0 Å². The molecule has 0 amide bonds. The zero-order valence-corrected chi connectivity index (χ0v) is 27.5. The Morgan fingerprint density at radius 3 is 1.04 bits per heavy atom. The molecular formula is C34H40O10P2. The lowest BCUT2D eigenvalue weighted by Gasteiger charge is -2.24. The first kappa shape index (κ1) is 35.9. The quantitative estimate of drug-likeness (QED) is 0.0601. The zero-order valence-electron chi connectivity index (χ0n) is 25.8. The Labute approximate surface area is 270 Å². The minimum Gasteiger partial charge on any atom is -0.382 e. The summed E-state index contributed by atoms with van der Waals surface area (Å²) < 4.78 is 73.1. The molecule has 0 N–H and O–H groups in total. The van der Waals surface area contributed by atoms with E-state index in [1.165, 1.54) is 7.11 Å². The van der Waals surface area contributed by atoms with Crippen LogP contribution >= 0.6 is 15.6 Å². The van der Waals surface area contributed by atoms with Crippen LogP contribution in [0.3, 0.4) is 0 Å². The van der Waals surface area contributed by atoms with E-state index in [2.05, 4.69) is 0 Å². The highest BCUT2D eigenvalue weighted by atomic mass is 31.2. The molecule has 0 fully saturated rings. The highest BCUT2D eigenvalue weighted by molar-refractivity contribution is 7.48. The number of phosphoric ester groups is 2. The van der Waals surface area contributed by atoms with Crippen LogP contribution in [-0.2, 0) is 72.2 Å². The van der Waals surface area contributed by atoms with Gasteiger partial charge in [-0.2, -0.15) is 0 Å². The molecular weight excluding hydrogens is 630 g/mol. The second kappa shape index (κ2) is 19.6. The fraction of sp³-hybridized carbons (Fsp3) is 0.294. The predicted octanol–water partition coefficient (Wildman–Crippen LogP) is 8.13. The molecule has 0 heterocycles. The minimum absolute atomic E-state index is 0.00550. The number of rotatable bonds is 22. The van der Waals surface area contributed by atoms with Gasteiger partial charge in [-0.1, -0.05) is 121 Å². The number of hydrogen-bond donors (Lipinski definition) is 0. The Morgan fingerprint density at radius 2 is 0.761 bits per heavy atom. The average Bonchev–Trinajstić information content (AvgIpc) is 3.11.